The van der Waals surface area contributed by atoms with Gasteiger partial charge in [0.15, 0.2) is 0 Å². The summed E-state index contributed by atoms with van der Waals surface area (Å²) < 4.78 is 5.44. The lowest BCUT2D eigenvalue weighted by Crippen LogP contribution is -2.45. The molecule has 0 aromatic carbocycles. The summed E-state index contributed by atoms with van der Waals surface area (Å²) in [5.74, 6) is -0.0650. The van der Waals surface area contributed by atoms with Gasteiger partial charge in [0, 0.05) is 12.8 Å². The van der Waals surface area contributed by atoms with Crippen molar-refractivity contribution in [1.82, 2.24) is 5.32 Å². The molecule has 0 rings (SSSR count). The average Bonchev–Trinajstić information content (AvgIpc) is 3.18. The van der Waals surface area contributed by atoms with E-state index in [4.69, 9.17) is 4.74 Å². The number of carbonyl (C=O) groups is 2. The minimum absolute atomic E-state index is 0.0133. The number of nitrogens with one attached hydrogen (secondary N) is 1. The Bertz CT molecular complexity index is 776. The normalized spacial score (nSPS) is 12.6. The van der Waals surface area contributed by atoms with E-state index in [1.807, 2.05) is 0 Å². The van der Waals surface area contributed by atoms with Gasteiger partial charge in [-0.15, -0.1) is 0 Å². The first-order valence-electron chi connectivity index (χ1n) is 24.8. The van der Waals surface area contributed by atoms with Crippen molar-refractivity contribution in [2.75, 3.05) is 13.2 Å². The van der Waals surface area contributed by atoms with Crippen molar-refractivity contribution in [3.05, 3.63) is 0 Å². The van der Waals surface area contributed by atoms with Crippen LogP contribution in [0, 0.1) is 0 Å². The molecule has 3 N–H and O–H groups in total. The molecule has 0 aliphatic heterocycles. The smallest absolute Gasteiger partial charge is 0.305 e. The van der Waals surface area contributed by atoms with E-state index >= 15 is 0 Å². The predicted molar refractivity (Wildman–Crippen MR) is 237 cm³/mol. The molecule has 328 valence electrons. The van der Waals surface area contributed by atoms with Gasteiger partial charge in [-0.3, -0.25) is 9.59 Å². The van der Waals surface area contributed by atoms with Crippen molar-refractivity contribution >= 4 is 11.9 Å². The number of unbranched alkanes of at least 4 members (excludes halogenated alkanes) is 35. The second-order valence-electron chi connectivity index (χ2n) is 17.2. The van der Waals surface area contributed by atoms with Gasteiger partial charge in [0.05, 0.1) is 25.4 Å². The zero-order chi connectivity index (χ0) is 40.1. The summed E-state index contributed by atoms with van der Waals surface area (Å²) in [6, 6.07) is -0.553. The fourth-order valence-corrected chi connectivity index (χ4v) is 7.82. The van der Waals surface area contributed by atoms with E-state index in [0.717, 1.165) is 57.8 Å². The molecule has 0 radical (unpaired) electrons. The Morgan fingerprint density at radius 1 is 0.436 bits per heavy atom. The maximum Gasteiger partial charge on any atom is 0.305 e. The van der Waals surface area contributed by atoms with Crippen molar-refractivity contribution in [2.24, 2.45) is 0 Å². The zero-order valence-electron chi connectivity index (χ0n) is 37.2. The topological polar surface area (TPSA) is 95.9 Å². The number of rotatable bonds is 46. The van der Waals surface area contributed by atoms with Crippen LogP contribution in [0.3, 0.4) is 0 Å². The Kier molecular flexibility index (Phi) is 44.6. The standard InChI is InChI=1S/C49H97NO5/c1-3-5-7-9-11-13-15-16-17-18-19-22-25-29-33-37-41-47(52)46(45-51)50-48(53)42-38-34-30-26-23-20-24-28-32-36-40-44-55-49(54)43-39-35-31-27-21-14-12-10-8-6-4-2/h46-47,51-52H,3-45H2,1-2H3,(H,50,53). The van der Waals surface area contributed by atoms with Gasteiger partial charge < -0.3 is 20.3 Å². The van der Waals surface area contributed by atoms with E-state index in [-0.39, 0.29) is 18.5 Å². The summed E-state index contributed by atoms with van der Waals surface area (Å²) in [4.78, 5) is 24.4. The molecule has 0 saturated heterocycles. The highest BCUT2D eigenvalue weighted by atomic mass is 16.5. The largest absolute Gasteiger partial charge is 0.466 e. The molecule has 2 atom stereocenters. The van der Waals surface area contributed by atoms with Gasteiger partial charge in [-0.1, -0.05) is 239 Å². The molecule has 0 saturated carbocycles. The highest BCUT2D eigenvalue weighted by molar-refractivity contribution is 5.76. The molecule has 6 heteroatoms. The Labute approximate surface area is 343 Å². The van der Waals surface area contributed by atoms with Crippen LogP contribution in [0.5, 0.6) is 0 Å². The highest BCUT2D eigenvalue weighted by Gasteiger charge is 2.20. The molecule has 0 aliphatic carbocycles. The summed E-state index contributed by atoms with van der Waals surface area (Å²) in [6.07, 6.45) is 49.2. The van der Waals surface area contributed by atoms with Gasteiger partial charge in [0.1, 0.15) is 0 Å². The van der Waals surface area contributed by atoms with Gasteiger partial charge >= 0.3 is 5.97 Å². The van der Waals surface area contributed by atoms with Crippen molar-refractivity contribution in [3.8, 4) is 0 Å². The van der Waals surface area contributed by atoms with Gasteiger partial charge in [-0.2, -0.15) is 0 Å². The predicted octanol–water partition coefficient (Wildman–Crippen LogP) is 14.4. The highest BCUT2D eigenvalue weighted by Crippen LogP contribution is 2.17. The number of ether oxygens (including phenoxy) is 1. The molecule has 6 nitrogen and oxygen atoms in total. The molecule has 0 spiro atoms. The second kappa shape index (κ2) is 45.6. The van der Waals surface area contributed by atoms with Crippen LogP contribution >= 0.6 is 0 Å². The quantitative estimate of drug-likeness (QED) is 0.0422. The van der Waals surface area contributed by atoms with Crippen LogP contribution in [0.1, 0.15) is 277 Å². The fourth-order valence-electron chi connectivity index (χ4n) is 7.82. The molecule has 0 aliphatic rings. The first-order valence-corrected chi connectivity index (χ1v) is 24.8. The Balaban J connectivity index is 3.47. The summed E-state index contributed by atoms with van der Waals surface area (Å²) >= 11 is 0. The molecule has 0 aromatic rings. The summed E-state index contributed by atoms with van der Waals surface area (Å²) in [5, 5.41) is 23.2. The van der Waals surface area contributed by atoms with E-state index < -0.39 is 12.1 Å². The fraction of sp³-hybridized carbons (Fsp3) is 0.959. The molecule has 2 unspecified atom stereocenters. The molecular weight excluding hydrogens is 683 g/mol. The maximum atomic E-state index is 12.4. The Morgan fingerprint density at radius 3 is 1.11 bits per heavy atom. The van der Waals surface area contributed by atoms with Gasteiger partial charge in [0.2, 0.25) is 5.91 Å². The number of aliphatic hydroxyl groups excluding tert-OH is 2. The minimum atomic E-state index is -0.674. The number of carbonyl (C=O) groups excluding carboxylic acids is 2. The van der Waals surface area contributed by atoms with Crippen molar-refractivity contribution in [2.45, 2.75) is 289 Å². The number of esters is 1. The zero-order valence-corrected chi connectivity index (χ0v) is 37.2. The molecule has 0 fully saturated rings. The summed E-state index contributed by atoms with van der Waals surface area (Å²) in [7, 11) is 0. The number of amides is 1. The lowest BCUT2D eigenvalue weighted by atomic mass is 10.0. The SMILES string of the molecule is CCCCCCCCCCCCCCCCCCC(O)C(CO)NC(=O)CCCCCCCCCCCCCOC(=O)CCCCCCCCCCCCC. The minimum Gasteiger partial charge on any atom is -0.466 e. The van der Waals surface area contributed by atoms with Crippen LogP contribution in [0.25, 0.3) is 0 Å². The lowest BCUT2D eigenvalue weighted by molar-refractivity contribution is -0.143. The van der Waals surface area contributed by atoms with E-state index in [2.05, 4.69) is 19.2 Å². The third-order valence-electron chi connectivity index (χ3n) is 11.7. The van der Waals surface area contributed by atoms with Crippen LogP contribution in [-0.2, 0) is 14.3 Å². The monoisotopic (exact) mass is 780 g/mol. The number of hydrogen-bond donors (Lipinski definition) is 3. The van der Waals surface area contributed by atoms with Gasteiger partial charge in [-0.25, -0.2) is 0 Å². The molecule has 0 aromatic heterocycles. The van der Waals surface area contributed by atoms with E-state index in [1.165, 1.54) is 186 Å². The Morgan fingerprint density at radius 2 is 0.745 bits per heavy atom. The van der Waals surface area contributed by atoms with Crippen LogP contribution in [0.2, 0.25) is 0 Å². The maximum absolute atomic E-state index is 12.4. The first-order chi connectivity index (χ1) is 27.0. The van der Waals surface area contributed by atoms with E-state index in [1.54, 1.807) is 0 Å². The Hall–Kier alpha value is -1.14. The van der Waals surface area contributed by atoms with Crippen LogP contribution in [0.4, 0.5) is 0 Å². The first kappa shape index (κ1) is 53.9. The third-order valence-corrected chi connectivity index (χ3v) is 11.7. The van der Waals surface area contributed by atoms with Gasteiger partial charge in [-0.05, 0) is 25.7 Å². The molecule has 55 heavy (non-hydrogen) atoms. The van der Waals surface area contributed by atoms with Crippen LogP contribution < -0.4 is 5.32 Å². The number of aliphatic hydroxyl groups is 2. The van der Waals surface area contributed by atoms with Crippen molar-refractivity contribution in [3.63, 3.8) is 0 Å². The molecule has 1 amide bonds. The molecular formula is C49H97NO5. The molecule has 0 heterocycles. The van der Waals surface area contributed by atoms with Crippen LogP contribution in [-0.4, -0.2) is 47.4 Å². The average molecular weight is 780 g/mol. The second-order valence-corrected chi connectivity index (χ2v) is 17.2. The van der Waals surface area contributed by atoms with E-state index in [9.17, 15) is 19.8 Å². The lowest BCUT2D eigenvalue weighted by Gasteiger charge is -2.22. The van der Waals surface area contributed by atoms with Crippen molar-refractivity contribution in [1.29, 1.82) is 0 Å². The van der Waals surface area contributed by atoms with Gasteiger partial charge in [0.25, 0.3) is 0 Å². The third kappa shape index (κ3) is 42.3. The van der Waals surface area contributed by atoms with Crippen LogP contribution in [0.15, 0.2) is 0 Å². The number of hydrogen-bond acceptors (Lipinski definition) is 5. The summed E-state index contributed by atoms with van der Waals surface area (Å²) in [5.41, 5.74) is 0. The van der Waals surface area contributed by atoms with Crippen molar-refractivity contribution < 1.29 is 24.5 Å². The molecule has 0 bridgehead atoms. The summed E-state index contributed by atoms with van der Waals surface area (Å²) in [6.45, 7) is 4.92. The van der Waals surface area contributed by atoms with E-state index in [0.29, 0.717) is 25.9 Å².